The number of hydrogen-bond acceptors (Lipinski definition) is 4. The monoisotopic (exact) mass is 255 g/mol. The van der Waals surface area contributed by atoms with Crippen LogP contribution >= 0.6 is 0 Å². The molecule has 1 aliphatic heterocycles. The maximum absolute atomic E-state index is 13.8. The third kappa shape index (κ3) is 2.44. The van der Waals surface area contributed by atoms with Crippen molar-refractivity contribution in [3.63, 3.8) is 0 Å². The predicted molar refractivity (Wildman–Crippen MR) is 61.1 cm³/mol. The Bertz CT molecular complexity index is 444. The quantitative estimate of drug-likeness (QED) is 0.841. The van der Waals surface area contributed by atoms with Gasteiger partial charge in [0.05, 0.1) is 19.3 Å². The number of hydrogen-bond donors (Lipinski definition) is 2. The number of nitrogens with one attached hydrogen (secondary N) is 1. The summed E-state index contributed by atoms with van der Waals surface area (Å²) in [6.45, 7) is 0.228. The van der Waals surface area contributed by atoms with Crippen LogP contribution in [0, 0.1) is 5.82 Å². The van der Waals surface area contributed by atoms with Gasteiger partial charge < -0.3 is 14.6 Å². The van der Waals surface area contributed by atoms with E-state index in [2.05, 4.69) is 5.32 Å². The van der Waals surface area contributed by atoms with Crippen LogP contribution < -0.4 is 10.1 Å². The molecule has 0 saturated carbocycles. The molecule has 0 bridgehead atoms. The molecule has 0 radical (unpaired) electrons. The van der Waals surface area contributed by atoms with Gasteiger partial charge in [-0.25, -0.2) is 4.39 Å². The summed E-state index contributed by atoms with van der Waals surface area (Å²) in [6.07, 6.45) is -0.545. The van der Waals surface area contributed by atoms with Gasteiger partial charge in [-0.15, -0.1) is 0 Å². The molecular formula is C12H14FNO4. The maximum Gasteiger partial charge on any atom is 0.323 e. The summed E-state index contributed by atoms with van der Waals surface area (Å²) in [5.74, 6) is -1.00. The van der Waals surface area contributed by atoms with Gasteiger partial charge in [0, 0.05) is 6.54 Å². The Morgan fingerprint density at radius 3 is 2.94 bits per heavy atom. The van der Waals surface area contributed by atoms with Crippen molar-refractivity contribution in [2.45, 2.75) is 12.1 Å². The minimum absolute atomic E-state index is 0.00249. The highest BCUT2D eigenvalue weighted by Crippen LogP contribution is 2.31. The van der Waals surface area contributed by atoms with Crippen LogP contribution in [0.15, 0.2) is 18.2 Å². The smallest absolute Gasteiger partial charge is 0.323 e. The van der Waals surface area contributed by atoms with Crippen molar-refractivity contribution >= 4 is 5.97 Å². The van der Waals surface area contributed by atoms with Crippen LogP contribution in [-0.4, -0.2) is 37.4 Å². The van der Waals surface area contributed by atoms with E-state index in [0.717, 1.165) is 0 Å². The molecule has 98 valence electrons. The summed E-state index contributed by atoms with van der Waals surface area (Å²) in [4.78, 5) is 10.7. The summed E-state index contributed by atoms with van der Waals surface area (Å²) in [6, 6.07) is 3.77. The van der Waals surface area contributed by atoms with Crippen LogP contribution in [0.4, 0.5) is 4.39 Å². The minimum atomic E-state index is -0.978. The molecule has 2 rings (SSSR count). The summed E-state index contributed by atoms with van der Waals surface area (Å²) < 4.78 is 24.3. The summed E-state index contributed by atoms with van der Waals surface area (Å²) >= 11 is 0. The molecule has 1 aliphatic rings. The molecule has 2 atom stereocenters. The molecule has 1 aromatic rings. The zero-order chi connectivity index (χ0) is 13.1. The topological polar surface area (TPSA) is 67.8 Å². The van der Waals surface area contributed by atoms with Gasteiger partial charge in [-0.05, 0) is 12.1 Å². The molecule has 0 aliphatic carbocycles. The predicted octanol–water partition coefficient (Wildman–Crippen LogP) is 0.948. The highest BCUT2D eigenvalue weighted by Gasteiger charge is 2.30. The van der Waals surface area contributed by atoms with Gasteiger partial charge in [-0.3, -0.25) is 10.1 Å². The SMILES string of the molecule is COc1cccc(F)c1C1CNC(C(=O)O)CO1. The normalized spacial score (nSPS) is 23.7. The van der Waals surface area contributed by atoms with E-state index in [0.29, 0.717) is 11.3 Å². The Balaban J connectivity index is 2.17. The fourth-order valence-electron chi connectivity index (χ4n) is 1.93. The number of benzene rings is 1. The third-order valence-corrected chi connectivity index (χ3v) is 2.87. The molecule has 2 unspecified atom stereocenters. The molecule has 0 aromatic heterocycles. The number of ether oxygens (including phenoxy) is 2. The molecule has 0 amide bonds. The minimum Gasteiger partial charge on any atom is -0.496 e. The number of rotatable bonds is 3. The van der Waals surface area contributed by atoms with Crippen LogP contribution in [-0.2, 0) is 9.53 Å². The molecule has 1 fully saturated rings. The zero-order valence-electron chi connectivity index (χ0n) is 9.85. The van der Waals surface area contributed by atoms with E-state index in [4.69, 9.17) is 14.6 Å². The van der Waals surface area contributed by atoms with Crippen molar-refractivity contribution in [3.8, 4) is 5.75 Å². The first kappa shape index (κ1) is 12.8. The van der Waals surface area contributed by atoms with E-state index in [1.165, 1.54) is 13.2 Å². The van der Waals surface area contributed by atoms with Crippen LogP contribution in [0.1, 0.15) is 11.7 Å². The number of methoxy groups -OCH3 is 1. The standard InChI is InChI=1S/C12H14FNO4/c1-17-9-4-2-3-7(13)11(9)10-5-14-8(6-18-10)12(15)16/h2-4,8,10,14H,5-6H2,1H3,(H,15,16). The lowest BCUT2D eigenvalue weighted by molar-refractivity contribution is -0.144. The number of morpholine rings is 1. The average Bonchev–Trinajstić information content (AvgIpc) is 2.38. The van der Waals surface area contributed by atoms with E-state index in [1.54, 1.807) is 12.1 Å². The van der Waals surface area contributed by atoms with E-state index in [-0.39, 0.29) is 13.2 Å². The molecule has 1 saturated heterocycles. The van der Waals surface area contributed by atoms with Crippen molar-refractivity contribution in [2.24, 2.45) is 0 Å². The van der Waals surface area contributed by atoms with Gasteiger partial charge in [0.15, 0.2) is 0 Å². The molecule has 0 spiro atoms. The number of carbonyl (C=O) groups is 1. The van der Waals surface area contributed by atoms with Crippen molar-refractivity contribution in [2.75, 3.05) is 20.3 Å². The second kappa shape index (κ2) is 5.32. The Labute approximate surface area is 104 Å². The molecule has 1 aromatic carbocycles. The van der Waals surface area contributed by atoms with E-state index < -0.39 is 23.9 Å². The van der Waals surface area contributed by atoms with Gasteiger partial charge in [0.25, 0.3) is 0 Å². The van der Waals surface area contributed by atoms with Gasteiger partial charge >= 0.3 is 5.97 Å². The first-order valence-corrected chi connectivity index (χ1v) is 5.53. The second-order valence-electron chi connectivity index (χ2n) is 3.98. The van der Waals surface area contributed by atoms with Gasteiger partial charge in [-0.1, -0.05) is 6.07 Å². The first-order chi connectivity index (χ1) is 8.63. The fraction of sp³-hybridized carbons (Fsp3) is 0.417. The van der Waals surface area contributed by atoms with Gasteiger partial charge in [0.2, 0.25) is 0 Å². The fourth-order valence-corrected chi connectivity index (χ4v) is 1.93. The third-order valence-electron chi connectivity index (χ3n) is 2.87. The molecule has 18 heavy (non-hydrogen) atoms. The maximum atomic E-state index is 13.8. The van der Waals surface area contributed by atoms with Crippen LogP contribution in [0.2, 0.25) is 0 Å². The number of carboxylic acids is 1. The largest absolute Gasteiger partial charge is 0.496 e. The lowest BCUT2D eigenvalue weighted by Gasteiger charge is -2.29. The van der Waals surface area contributed by atoms with Crippen LogP contribution in [0.3, 0.4) is 0 Å². The Hall–Kier alpha value is -1.66. The first-order valence-electron chi connectivity index (χ1n) is 5.53. The number of carboxylic acid groups (broad SMARTS) is 1. The Morgan fingerprint density at radius 2 is 2.39 bits per heavy atom. The van der Waals surface area contributed by atoms with E-state index >= 15 is 0 Å². The molecule has 2 N–H and O–H groups in total. The molecule has 6 heteroatoms. The van der Waals surface area contributed by atoms with Crippen molar-refractivity contribution in [1.29, 1.82) is 0 Å². The Morgan fingerprint density at radius 1 is 1.61 bits per heavy atom. The zero-order valence-corrected chi connectivity index (χ0v) is 9.85. The van der Waals surface area contributed by atoms with Gasteiger partial charge in [0.1, 0.15) is 23.7 Å². The molecular weight excluding hydrogens is 241 g/mol. The second-order valence-corrected chi connectivity index (χ2v) is 3.98. The van der Waals surface area contributed by atoms with Crippen LogP contribution in [0.5, 0.6) is 5.75 Å². The number of halogens is 1. The van der Waals surface area contributed by atoms with E-state index in [9.17, 15) is 9.18 Å². The highest BCUT2D eigenvalue weighted by atomic mass is 19.1. The highest BCUT2D eigenvalue weighted by molar-refractivity contribution is 5.73. The summed E-state index contributed by atoms with van der Waals surface area (Å²) in [7, 11) is 1.45. The lowest BCUT2D eigenvalue weighted by Crippen LogP contribution is -2.47. The number of aliphatic carboxylic acids is 1. The summed E-state index contributed by atoms with van der Waals surface area (Å²) in [5, 5.41) is 11.6. The van der Waals surface area contributed by atoms with Gasteiger partial charge in [-0.2, -0.15) is 0 Å². The summed E-state index contributed by atoms with van der Waals surface area (Å²) in [5.41, 5.74) is 0.316. The Kier molecular flexibility index (Phi) is 3.78. The lowest BCUT2D eigenvalue weighted by atomic mass is 10.1. The van der Waals surface area contributed by atoms with Crippen LogP contribution in [0.25, 0.3) is 0 Å². The van der Waals surface area contributed by atoms with E-state index in [1.807, 2.05) is 0 Å². The van der Waals surface area contributed by atoms with Crippen molar-refractivity contribution < 1.29 is 23.8 Å². The van der Waals surface area contributed by atoms with Crippen molar-refractivity contribution in [1.82, 2.24) is 5.32 Å². The average molecular weight is 255 g/mol. The van der Waals surface area contributed by atoms with Crippen molar-refractivity contribution in [3.05, 3.63) is 29.6 Å². The molecule has 1 heterocycles. The molecule has 5 nitrogen and oxygen atoms in total.